The molecule has 0 saturated heterocycles. The van der Waals surface area contributed by atoms with Crippen LogP contribution in [0.25, 0.3) is 0 Å². The molecule has 0 aliphatic rings. The molecule has 0 aromatic carbocycles. The van der Waals surface area contributed by atoms with Crippen LogP contribution in [-0.4, -0.2) is 26.5 Å². The average Bonchev–Trinajstić information content (AvgIpc) is 2.34. The Bertz CT molecular complexity index is 554. The van der Waals surface area contributed by atoms with E-state index in [9.17, 15) is 0 Å². The van der Waals surface area contributed by atoms with Gasteiger partial charge in [0.1, 0.15) is 0 Å². The molecule has 0 saturated carbocycles. The van der Waals surface area contributed by atoms with Crippen LogP contribution in [0.2, 0.25) is 5.28 Å². The summed E-state index contributed by atoms with van der Waals surface area (Å²) in [6.07, 6.45) is 0. The fourth-order valence-corrected chi connectivity index (χ4v) is 1.87. The van der Waals surface area contributed by atoms with Crippen LogP contribution in [0.1, 0.15) is 18.3 Å². The lowest BCUT2D eigenvalue weighted by Gasteiger charge is -2.20. The number of nitrogens with two attached hydrogens (primary N) is 1. The van der Waals surface area contributed by atoms with Crippen LogP contribution in [0.15, 0.2) is 18.2 Å². The van der Waals surface area contributed by atoms with Gasteiger partial charge in [-0.2, -0.15) is 15.0 Å². The van der Waals surface area contributed by atoms with E-state index in [2.05, 4.69) is 19.9 Å². The normalized spacial score (nSPS) is 10.5. The molecule has 0 aliphatic heterocycles. The van der Waals surface area contributed by atoms with Crippen molar-refractivity contribution in [3.63, 3.8) is 0 Å². The lowest BCUT2D eigenvalue weighted by atomic mass is 10.3. The van der Waals surface area contributed by atoms with E-state index >= 15 is 0 Å². The van der Waals surface area contributed by atoms with Gasteiger partial charge >= 0.3 is 0 Å². The Morgan fingerprint density at radius 1 is 1.21 bits per heavy atom. The lowest BCUT2D eigenvalue weighted by molar-refractivity contribution is 0.767. The zero-order valence-electron chi connectivity index (χ0n) is 10.8. The molecular weight excluding hydrogens is 264 g/mol. The van der Waals surface area contributed by atoms with Crippen molar-refractivity contribution in [1.82, 2.24) is 19.9 Å². The smallest absolute Gasteiger partial charge is 0.231 e. The van der Waals surface area contributed by atoms with Gasteiger partial charge in [-0.25, -0.2) is 0 Å². The summed E-state index contributed by atoms with van der Waals surface area (Å²) in [6.45, 7) is 5.27. The largest absolute Gasteiger partial charge is 0.368 e. The minimum absolute atomic E-state index is 0.0955. The van der Waals surface area contributed by atoms with Gasteiger partial charge in [0.2, 0.25) is 17.2 Å². The molecule has 2 rings (SSSR count). The van der Waals surface area contributed by atoms with Gasteiger partial charge in [-0.1, -0.05) is 6.07 Å². The SMILES string of the molecule is CCN(Cc1cccc(C)n1)c1nc(N)nc(Cl)n1. The molecule has 0 aliphatic carbocycles. The number of hydrogen-bond acceptors (Lipinski definition) is 6. The summed E-state index contributed by atoms with van der Waals surface area (Å²) in [5, 5.41) is 0.0955. The molecule has 0 amide bonds. The summed E-state index contributed by atoms with van der Waals surface area (Å²) in [4.78, 5) is 18.3. The third-order valence-corrected chi connectivity index (χ3v) is 2.75. The molecule has 0 fully saturated rings. The Kier molecular flexibility index (Phi) is 4.11. The fourth-order valence-electron chi connectivity index (χ4n) is 1.70. The number of hydrogen-bond donors (Lipinski definition) is 1. The third kappa shape index (κ3) is 3.51. The molecule has 7 heteroatoms. The Labute approximate surface area is 116 Å². The molecule has 0 atom stereocenters. The Morgan fingerprint density at radius 2 is 2.00 bits per heavy atom. The maximum Gasteiger partial charge on any atom is 0.231 e. The number of nitrogen functional groups attached to an aromatic ring is 1. The van der Waals surface area contributed by atoms with E-state index < -0.39 is 0 Å². The summed E-state index contributed by atoms with van der Waals surface area (Å²) in [7, 11) is 0. The highest BCUT2D eigenvalue weighted by molar-refractivity contribution is 6.28. The van der Waals surface area contributed by atoms with Gasteiger partial charge in [0, 0.05) is 12.2 Å². The van der Waals surface area contributed by atoms with E-state index in [1.165, 1.54) is 0 Å². The Balaban J connectivity index is 2.24. The molecule has 0 unspecified atom stereocenters. The molecular formula is C12H15ClN6. The van der Waals surface area contributed by atoms with E-state index in [4.69, 9.17) is 17.3 Å². The second-order valence-electron chi connectivity index (χ2n) is 4.05. The van der Waals surface area contributed by atoms with E-state index in [-0.39, 0.29) is 11.2 Å². The number of aryl methyl sites for hydroxylation is 1. The standard InChI is InChI=1S/C12H15ClN6/c1-3-19(7-9-6-4-5-8(2)15-9)12-17-10(13)16-11(14)18-12/h4-6H,3,7H2,1-2H3,(H2,14,16,17,18). The van der Waals surface area contributed by atoms with Crippen molar-refractivity contribution in [1.29, 1.82) is 0 Å². The number of pyridine rings is 1. The monoisotopic (exact) mass is 278 g/mol. The van der Waals surface area contributed by atoms with E-state index in [1.54, 1.807) is 0 Å². The summed E-state index contributed by atoms with van der Waals surface area (Å²) in [6, 6.07) is 5.89. The topological polar surface area (TPSA) is 80.8 Å². The summed E-state index contributed by atoms with van der Waals surface area (Å²) >= 11 is 5.79. The molecule has 0 bridgehead atoms. The maximum atomic E-state index is 5.79. The minimum Gasteiger partial charge on any atom is -0.368 e. The molecule has 2 aromatic rings. The molecule has 19 heavy (non-hydrogen) atoms. The number of aromatic nitrogens is 4. The zero-order valence-corrected chi connectivity index (χ0v) is 11.6. The van der Waals surface area contributed by atoms with Crippen molar-refractivity contribution >= 4 is 23.5 Å². The van der Waals surface area contributed by atoms with Crippen molar-refractivity contribution in [2.75, 3.05) is 17.2 Å². The van der Waals surface area contributed by atoms with Crippen LogP contribution in [0, 0.1) is 6.92 Å². The van der Waals surface area contributed by atoms with Gasteiger partial charge in [-0.05, 0) is 37.6 Å². The Hall–Kier alpha value is -1.95. The number of halogens is 1. The highest BCUT2D eigenvalue weighted by Gasteiger charge is 2.11. The van der Waals surface area contributed by atoms with Crippen LogP contribution >= 0.6 is 11.6 Å². The quantitative estimate of drug-likeness (QED) is 0.919. The van der Waals surface area contributed by atoms with Crippen LogP contribution in [0.4, 0.5) is 11.9 Å². The molecule has 0 radical (unpaired) electrons. The average molecular weight is 279 g/mol. The van der Waals surface area contributed by atoms with E-state index in [0.29, 0.717) is 12.5 Å². The maximum absolute atomic E-state index is 5.79. The molecule has 2 N–H and O–H groups in total. The van der Waals surface area contributed by atoms with Gasteiger partial charge < -0.3 is 10.6 Å². The third-order valence-electron chi connectivity index (χ3n) is 2.58. The highest BCUT2D eigenvalue weighted by atomic mass is 35.5. The first-order valence-corrected chi connectivity index (χ1v) is 6.31. The highest BCUT2D eigenvalue weighted by Crippen LogP contribution is 2.14. The van der Waals surface area contributed by atoms with Crippen LogP contribution in [0.3, 0.4) is 0 Å². The van der Waals surface area contributed by atoms with Crippen molar-refractivity contribution in [3.8, 4) is 0 Å². The van der Waals surface area contributed by atoms with Gasteiger partial charge in [-0.3, -0.25) is 4.98 Å². The van der Waals surface area contributed by atoms with E-state index in [0.717, 1.165) is 17.9 Å². The first-order valence-electron chi connectivity index (χ1n) is 5.93. The van der Waals surface area contributed by atoms with Crippen LogP contribution in [0.5, 0.6) is 0 Å². The number of anilines is 2. The number of rotatable bonds is 4. The van der Waals surface area contributed by atoms with Gasteiger partial charge in [0.15, 0.2) is 0 Å². The fraction of sp³-hybridized carbons (Fsp3) is 0.333. The molecule has 6 nitrogen and oxygen atoms in total. The van der Waals surface area contributed by atoms with E-state index in [1.807, 2.05) is 36.9 Å². The summed E-state index contributed by atoms with van der Waals surface area (Å²) < 4.78 is 0. The van der Waals surface area contributed by atoms with Crippen molar-refractivity contribution in [3.05, 3.63) is 34.9 Å². The van der Waals surface area contributed by atoms with Crippen molar-refractivity contribution < 1.29 is 0 Å². The first-order chi connectivity index (χ1) is 9.08. The van der Waals surface area contributed by atoms with Crippen molar-refractivity contribution in [2.45, 2.75) is 20.4 Å². The molecule has 100 valence electrons. The second-order valence-corrected chi connectivity index (χ2v) is 4.39. The molecule has 2 heterocycles. The van der Waals surface area contributed by atoms with Crippen molar-refractivity contribution in [2.24, 2.45) is 0 Å². The Morgan fingerprint density at radius 3 is 2.63 bits per heavy atom. The van der Waals surface area contributed by atoms with Crippen LogP contribution in [-0.2, 0) is 6.54 Å². The van der Waals surface area contributed by atoms with Gasteiger partial charge in [-0.15, -0.1) is 0 Å². The summed E-state index contributed by atoms with van der Waals surface area (Å²) in [5.41, 5.74) is 7.50. The first kappa shape index (κ1) is 13.5. The van der Waals surface area contributed by atoms with Gasteiger partial charge in [0.05, 0.1) is 12.2 Å². The lowest BCUT2D eigenvalue weighted by Crippen LogP contribution is -2.25. The number of nitrogens with zero attached hydrogens (tertiary/aromatic N) is 5. The van der Waals surface area contributed by atoms with Gasteiger partial charge in [0.25, 0.3) is 0 Å². The second kappa shape index (κ2) is 5.79. The summed E-state index contributed by atoms with van der Waals surface area (Å²) in [5.74, 6) is 0.578. The minimum atomic E-state index is 0.0955. The molecule has 0 spiro atoms. The van der Waals surface area contributed by atoms with Crippen LogP contribution < -0.4 is 10.6 Å². The molecule has 2 aromatic heterocycles. The predicted molar refractivity (Wildman–Crippen MR) is 74.9 cm³/mol. The zero-order chi connectivity index (χ0) is 13.8. The predicted octanol–water partition coefficient (Wildman–Crippen LogP) is 1.84.